The van der Waals surface area contributed by atoms with Crippen LogP contribution in [0.4, 0.5) is 0 Å². The highest BCUT2D eigenvalue weighted by Gasteiger charge is 2.32. The second-order valence-electron chi connectivity index (χ2n) is 4.06. The topological polar surface area (TPSA) is 55.7 Å². The molecule has 2 heterocycles. The molecular formula is C9H18N2O2. The molecule has 0 saturated carbocycles. The maximum atomic E-state index is 9.64. The van der Waals surface area contributed by atoms with Gasteiger partial charge in [0.05, 0.1) is 12.2 Å². The first-order valence-electron chi connectivity index (χ1n) is 5.08. The average Bonchev–Trinajstić information content (AvgIpc) is 2.53. The number of piperidine rings is 1. The van der Waals surface area contributed by atoms with E-state index in [1.165, 1.54) is 0 Å². The average molecular weight is 186 g/mol. The zero-order chi connectivity index (χ0) is 9.26. The van der Waals surface area contributed by atoms with Crippen LogP contribution in [0, 0.1) is 0 Å². The third-order valence-corrected chi connectivity index (χ3v) is 3.12. The lowest BCUT2D eigenvalue weighted by molar-refractivity contribution is 0.0282. The molecule has 0 bridgehead atoms. The molecule has 13 heavy (non-hydrogen) atoms. The molecule has 76 valence electrons. The molecule has 0 aromatic carbocycles. The van der Waals surface area contributed by atoms with Gasteiger partial charge < -0.3 is 15.5 Å². The van der Waals surface area contributed by atoms with Gasteiger partial charge in [-0.05, 0) is 12.8 Å². The van der Waals surface area contributed by atoms with Crippen LogP contribution >= 0.6 is 0 Å². The van der Waals surface area contributed by atoms with Gasteiger partial charge in [0, 0.05) is 32.2 Å². The molecule has 0 aliphatic carbocycles. The molecular weight excluding hydrogens is 168 g/mol. The second-order valence-corrected chi connectivity index (χ2v) is 4.06. The SMILES string of the molecule is OC1CCN(C2CNCC2O)CC1. The summed E-state index contributed by atoms with van der Waals surface area (Å²) in [5.74, 6) is 0. The van der Waals surface area contributed by atoms with Gasteiger partial charge in [0.1, 0.15) is 0 Å². The number of aliphatic hydroxyl groups is 2. The summed E-state index contributed by atoms with van der Waals surface area (Å²) in [6, 6.07) is 0.271. The van der Waals surface area contributed by atoms with Gasteiger partial charge in [-0.1, -0.05) is 0 Å². The summed E-state index contributed by atoms with van der Waals surface area (Å²) in [6.07, 6.45) is 1.35. The summed E-state index contributed by atoms with van der Waals surface area (Å²) in [4.78, 5) is 2.29. The third kappa shape index (κ3) is 2.02. The predicted octanol–water partition coefficient (Wildman–Crippen LogP) is -1.22. The summed E-state index contributed by atoms with van der Waals surface area (Å²) in [7, 11) is 0. The van der Waals surface area contributed by atoms with Gasteiger partial charge in [-0.3, -0.25) is 4.90 Å². The van der Waals surface area contributed by atoms with Gasteiger partial charge in [0.2, 0.25) is 0 Å². The standard InChI is InChI=1S/C9H18N2O2/c12-7-1-3-11(4-2-7)8-5-10-6-9(8)13/h7-10,12-13H,1-6H2. The quantitative estimate of drug-likeness (QED) is 0.480. The van der Waals surface area contributed by atoms with Gasteiger partial charge in [-0.2, -0.15) is 0 Å². The molecule has 4 heteroatoms. The van der Waals surface area contributed by atoms with Gasteiger partial charge in [-0.15, -0.1) is 0 Å². The molecule has 2 aliphatic rings. The van der Waals surface area contributed by atoms with Crippen LogP contribution in [0.25, 0.3) is 0 Å². The van der Waals surface area contributed by atoms with Gasteiger partial charge in [-0.25, -0.2) is 0 Å². The van der Waals surface area contributed by atoms with E-state index < -0.39 is 0 Å². The maximum absolute atomic E-state index is 9.64. The van der Waals surface area contributed by atoms with Crippen molar-refractivity contribution in [2.45, 2.75) is 31.1 Å². The van der Waals surface area contributed by atoms with Crippen molar-refractivity contribution in [1.82, 2.24) is 10.2 Å². The van der Waals surface area contributed by atoms with E-state index in [4.69, 9.17) is 0 Å². The number of aliphatic hydroxyl groups excluding tert-OH is 2. The normalized spacial score (nSPS) is 38.3. The first kappa shape index (κ1) is 9.40. The second kappa shape index (κ2) is 3.92. The van der Waals surface area contributed by atoms with E-state index in [-0.39, 0.29) is 18.2 Å². The van der Waals surface area contributed by atoms with E-state index in [0.29, 0.717) is 6.54 Å². The number of likely N-dealkylation sites (tertiary alicyclic amines) is 1. The summed E-state index contributed by atoms with van der Waals surface area (Å²) in [6.45, 7) is 3.44. The predicted molar refractivity (Wildman–Crippen MR) is 49.5 cm³/mol. The van der Waals surface area contributed by atoms with Crippen LogP contribution in [0.5, 0.6) is 0 Å². The molecule has 2 atom stereocenters. The lowest BCUT2D eigenvalue weighted by Crippen LogP contribution is -2.48. The Balaban J connectivity index is 1.86. The number of hydrogen-bond acceptors (Lipinski definition) is 4. The highest BCUT2D eigenvalue weighted by molar-refractivity contribution is 4.90. The number of nitrogens with zero attached hydrogens (tertiary/aromatic N) is 1. The Hall–Kier alpha value is -0.160. The summed E-state index contributed by atoms with van der Waals surface area (Å²) < 4.78 is 0. The summed E-state index contributed by atoms with van der Waals surface area (Å²) in [5.41, 5.74) is 0. The number of hydrogen-bond donors (Lipinski definition) is 3. The smallest absolute Gasteiger partial charge is 0.0831 e. The van der Waals surface area contributed by atoms with E-state index >= 15 is 0 Å². The lowest BCUT2D eigenvalue weighted by atomic mass is 10.0. The third-order valence-electron chi connectivity index (χ3n) is 3.12. The summed E-state index contributed by atoms with van der Waals surface area (Å²) >= 11 is 0. The van der Waals surface area contributed by atoms with Crippen LogP contribution in [0.3, 0.4) is 0 Å². The number of β-amino-alcohol motifs (C(OH)–C–C–N with tert-alkyl or cyclic N) is 1. The van der Waals surface area contributed by atoms with Crippen LogP contribution in [0.1, 0.15) is 12.8 Å². The summed E-state index contributed by atoms with van der Waals surface area (Å²) in [5, 5.41) is 22.1. The fraction of sp³-hybridized carbons (Fsp3) is 1.00. The molecule has 0 aromatic rings. The van der Waals surface area contributed by atoms with Gasteiger partial charge >= 0.3 is 0 Å². The molecule has 2 saturated heterocycles. The van der Waals surface area contributed by atoms with Crippen LogP contribution < -0.4 is 5.32 Å². The fourth-order valence-electron chi connectivity index (χ4n) is 2.24. The van der Waals surface area contributed by atoms with Crippen molar-refractivity contribution < 1.29 is 10.2 Å². The van der Waals surface area contributed by atoms with E-state index in [2.05, 4.69) is 10.2 Å². The molecule has 2 rings (SSSR count). The zero-order valence-electron chi connectivity index (χ0n) is 7.82. The minimum atomic E-state index is -0.227. The Morgan fingerprint density at radius 2 is 1.77 bits per heavy atom. The molecule has 0 amide bonds. The Morgan fingerprint density at radius 1 is 1.08 bits per heavy atom. The van der Waals surface area contributed by atoms with E-state index in [0.717, 1.165) is 32.5 Å². The molecule has 0 radical (unpaired) electrons. The van der Waals surface area contributed by atoms with Crippen molar-refractivity contribution in [3.05, 3.63) is 0 Å². The first-order valence-corrected chi connectivity index (χ1v) is 5.08. The lowest BCUT2D eigenvalue weighted by Gasteiger charge is -2.35. The van der Waals surface area contributed by atoms with Crippen molar-refractivity contribution in [1.29, 1.82) is 0 Å². The molecule has 0 spiro atoms. The van der Waals surface area contributed by atoms with Crippen LogP contribution in [-0.2, 0) is 0 Å². The van der Waals surface area contributed by atoms with Crippen molar-refractivity contribution in [2.75, 3.05) is 26.2 Å². The van der Waals surface area contributed by atoms with Crippen LogP contribution in [-0.4, -0.2) is 59.5 Å². The van der Waals surface area contributed by atoms with Crippen LogP contribution in [0.15, 0.2) is 0 Å². The molecule has 3 N–H and O–H groups in total. The minimum Gasteiger partial charge on any atom is -0.393 e. The van der Waals surface area contributed by atoms with Crippen molar-refractivity contribution in [2.24, 2.45) is 0 Å². The van der Waals surface area contributed by atoms with E-state index in [1.54, 1.807) is 0 Å². The Bertz CT molecular complexity index is 169. The minimum absolute atomic E-state index is 0.122. The monoisotopic (exact) mass is 186 g/mol. The van der Waals surface area contributed by atoms with E-state index in [1.807, 2.05) is 0 Å². The highest BCUT2D eigenvalue weighted by atomic mass is 16.3. The van der Waals surface area contributed by atoms with Gasteiger partial charge in [0.25, 0.3) is 0 Å². The molecule has 2 fully saturated rings. The van der Waals surface area contributed by atoms with Crippen molar-refractivity contribution in [3.8, 4) is 0 Å². The zero-order valence-corrected chi connectivity index (χ0v) is 7.82. The van der Waals surface area contributed by atoms with Crippen molar-refractivity contribution >= 4 is 0 Å². The van der Waals surface area contributed by atoms with Gasteiger partial charge in [0.15, 0.2) is 0 Å². The van der Waals surface area contributed by atoms with Crippen LogP contribution in [0.2, 0.25) is 0 Å². The molecule has 2 unspecified atom stereocenters. The Kier molecular flexibility index (Phi) is 2.83. The molecule has 4 nitrogen and oxygen atoms in total. The molecule has 2 aliphatic heterocycles. The highest BCUT2D eigenvalue weighted by Crippen LogP contribution is 2.16. The first-order chi connectivity index (χ1) is 6.27. The number of rotatable bonds is 1. The maximum Gasteiger partial charge on any atom is 0.0831 e. The Morgan fingerprint density at radius 3 is 2.31 bits per heavy atom. The Labute approximate surface area is 78.5 Å². The van der Waals surface area contributed by atoms with Crippen molar-refractivity contribution in [3.63, 3.8) is 0 Å². The fourth-order valence-corrected chi connectivity index (χ4v) is 2.24. The molecule has 0 aromatic heterocycles. The largest absolute Gasteiger partial charge is 0.393 e. The van der Waals surface area contributed by atoms with E-state index in [9.17, 15) is 10.2 Å². The number of nitrogens with one attached hydrogen (secondary N) is 1.